The van der Waals surface area contributed by atoms with Gasteiger partial charge in [0.25, 0.3) is 0 Å². The van der Waals surface area contributed by atoms with Crippen LogP contribution in [0.5, 0.6) is 17.2 Å². The predicted octanol–water partition coefficient (Wildman–Crippen LogP) is 1.33. The monoisotopic (exact) mass is 168 g/mol. The van der Waals surface area contributed by atoms with Gasteiger partial charge in [-0.05, 0) is 12.1 Å². The number of aliphatic hydroxyl groups excluding tert-OH is 1. The first-order valence-electron chi connectivity index (χ1n) is 3.16. The molecule has 0 unspecified atom stereocenters. The average molecular weight is 168 g/mol. The topological polar surface area (TPSA) is 80.9 Å². The summed E-state index contributed by atoms with van der Waals surface area (Å²) in [5.74, 6) is -2.06. The molecule has 1 rings (SSSR count). The van der Waals surface area contributed by atoms with Gasteiger partial charge in [0.2, 0.25) is 5.75 Å². The van der Waals surface area contributed by atoms with Crippen LogP contribution in [0.2, 0.25) is 0 Å². The summed E-state index contributed by atoms with van der Waals surface area (Å²) in [5.41, 5.74) is -0.00898. The molecule has 0 aliphatic rings. The zero-order chi connectivity index (χ0) is 9.30. The minimum Gasteiger partial charge on any atom is -0.508 e. The number of rotatable bonds is 1. The van der Waals surface area contributed by atoms with E-state index in [1.807, 2.05) is 0 Å². The Bertz CT molecular complexity index is 330. The number of phenols is 3. The minimum absolute atomic E-state index is 0.00898. The molecular weight excluding hydrogens is 160 g/mol. The van der Waals surface area contributed by atoms with E-state index in [0.717, 1.165) is 6.07 Å². The van der Waals surface area contributed by atoms with Crippen molar-refractivity contribution in [2.75, 3.05) is 0 Å². The highest BCUT2D eigenvalue weighted by Crippen LogP contribution is 2.38. The molecule has 64 valence electrons. The number of benzene rings is 1. The van der Waals surface area contributed by atoms with Crippen molar-refractivity contribution in [3.05, 3.63) is 24.3 Å². The molecule has 1 aromatic rings. The second kappa shape index (κ2) is 2.65. The zero-order valence-corrected chi connectivity index (χ0v) is 6.15. The average Bonchev–Trinajstić information content (AvgIpc) is 2.00. The Morgan fingerprint density at radius 2 is 1.67 bits per heavy atom. The molecule has 12 heavy (non-hydrogen) atoms. The smallest absolute Gasteiger partial charge is 0.201 e. The molecule has 0 atom stereocenters. The van der Waals surface area contributed by atoms with Gasteiger partial charge in [0.05, 0.1) is 5.56 Å². The van der Waals surface area contributed by atoms with E-state index in [2.05, 4.69) is 6.58 Å². The van der Waals surface area contributed by atoms with Gasteiger partial charge in [0, 0.05) is 0 Å². The summed E-state index contributed by atoms with van der Waals surface area (Å²) in [6.07, 6.45) is 0. The van der Waals surface area contributed by atoms with Crippen LogP contribution in [0.3, 0.4) is 0 Å². The Labute approximate surface area is 68.6 Å². The summed E-state index contributed by atoms with van der Waals surface area (Å²) in [7, 11) is 0. The van der Waals surface area contributed by atoms with Crippen molar-refractivity contribution in [1.29, 1.82) is 0 Å². The van der Waals surface area contributed by atoms with Gasteiger partial charge in [-0.15, -0.1) is 0 Å². The molecule has 1 aromatic carbocycles. The molecule has 0 aliphatic heterocycles. The van der Waals surface area contributed by atoms with Crippen molar-refractivity contribution in [3.63, 3.8) is 0 Å². The molecule has 0 spiro atoms. The largest absolute Gasteiger partial charge is 0.508 e. The van der Waals surface area contributed by atoms with E-state index < -0.39 is 17.2 Å². The van der Waals surface area contributed by atoms with Crippen LogP contribution < -0.4 is 0 Å². The number of aromatic hydroxyl groups is 3. The molecule has 4 N–H and O–H groups in total. The maximum absolute atomic E-state index is 9.12. The van der Waals surface area contributed by atoms with E-state index in [9.17, 15) is 0 Å². The van der Waals surface area contributed by atoms with Crippen molar-refractivity contribution >= 4 is 5.76 Å². The first-order valence-corrected chi connectivity index (χ1v) is 3.16. The number of hydrogen-bond acceptors (Lipinski definition) is 4. The van der Waals surface area contributed by atoms with Crippen LogP contribution >= 0.6 is 0 Å². The third-order valence-electron chi connectivity index (χ3n) is 1.44. The van der Waals surface area contributed by atoms with Crippen molar-refractivity contribution in [3.8, 4) is 17.2 Å². The van der Waals surface area contributed by atoms with E-state index in [0.29, 0.717) is 0 Å². The fourth-order valence-corrected chi connectivity index (χ4v) is 0.802. The first kappa shape index (κ1) is 8.26. The summed E-state index contributed by atoms with van der Waals surface area (Å²) in [4.78, 5) is 0. The standard InChI is InChI=1S/C8H8O4/c1-4(9)5-2-3-6(10)8(12)7(5)11/h2-3,9-12H,1H2. The quantitative estimate of drug-likeness (QED) is 0.376. The molecule has 0 saturated carbocycles. The van der Waals surface area contributed by atoms with E-state index in [1.165, 1.54) is 6.07 Å². The Balaban J connectivity index is 3.36. The minimum atomic E-state index is -0.664. The van der Waals surface area contributed by atoms with Crippen LogP contribution in [0.4, 0.5) is 0 Å². The van der Waals surface area contributed by atoms with Crippen LogP contribution in [0.15, 0.2) is 18.7 Å². The van der Waals surface area contributed by atoms with Crippen molar-refractivity contribution < 1.29 is 20.4 Å². The van der Waals surface area contributed by atoms with Crippen molar-refractivity contribution in [1.82, 2.24) is 0 Å². The third-order valence-corrected chi connectivity index (χ3v) is 1.44. The number of aliphatic hydroxyl groups is 1. The maximum Gasteiger partial charge on any atom is 0.201 e. The molecule has 4 nitrogen and oxygen atoms in total. The maximum atomic E-state index is 9.12. The van der Waals surface area contributed by atoms with Crippen LogP contribution in [0, 0.1) is 0 Å². The summed E-state index contributed by atoms with van der Waals surface area (Å²) in [5, 5.41) is 35.9. The summed E-state index contributed by atoms with van der Waals surface area (Å²) in [6.45, 7) is 3.16. The van der Waals surface area contributed by atoms with Gasteiger partial charge in [-0.3, -0.25) is 0 Å². The van der Waals surface area contributed by atoms with Crippen molar-refractivity contribution in [2.45, 2.75) is 0 Å². The van der Waals surface area contributed by atoms with Crippen molar-refractivity contribution in [2.24, 2.45) is 0 Å². The molecule has 0 bridgehead atoms. The van der Waals surface area contributed by atoms with Crippen LogP contribution in [-0.2, 0) is 0 Å². The number of phenolic OH excluding ortho intramolecular Hbond substituents is 3. The van der Waals surface area contributed by atoms with E-state index in [4.69, 9.17) is 20.4 Å². The first-order chi connectivity index (χ1) is 5.54. The Hall–Kier alpha value is -1.84. The lowest BCUT2D eigenvalue weighted by atomic mass is 10.1. The Morgan fingerprint density at radius 1 is 1.08 bits per heavy atom. The van der Waals surface area contributed by atoms with E-state index in [1.54, 1.807) is 0 Å². The number of hydrogen-bond donors (Lipinski definition) is 4. The normalized spacial score (nSPS) is 9.67. The third kappa shape index (κ3) is 1.14. The Morgan fingerprint density at radius 3 is 2.17 bits per heavy atom. The van der Waals surface area contributed by atoms with Gasteiger partial charge in [-0.1, -0.05) is 6.58 Å². The lowest BCUT2D eigenvalue weighted by Gasteiger charge is -2.05. The summed E-state index contributed by atoms with van der Waals surface area (Å²) in [6, 6.07) is 2.39. The fourth-order valence-electron chi connectivity index (χ4n) is 0.802. The predicted molar refractivity (Wildman–Crippen MR) is 43.1 cm³/mol. The fraction of sp³-hybridized carbons (Fsp3) is 0. The van der Waals surface area contributed by atoms with Crippen LogP contribution in [-0.4, -0.2) is 20.4 Å². The van der Waals surface area contributed by atoms with Crippen LogP contribution in [0.1, 0.15) is 5.56 Å². The van der Waals surface area contributed by atoms with Gasteiger partial charge in [0.1, 0.15) is 5.76 Å². The molecule has 0 fully saturated rings. The van der Waals surface area contributed by atoms with Gasteiger partial charge in [0.15, 0.2) is 11.5 Å². The van der Waals surface area contributed by atoms with Gasteiger partial charge < -0.3 is 20.4 Å². The molecule has 0 aromatic heterocycles. The lowest BCUT2D eigenvalue weighted by Crippen LogP contribution is -1.82. The molecule has 0 aliphatic carbocycles. The van der Waals surface area contributed by atoms with Gasteiger partial charge >= 0.3 is 0 Å². The Kier molecular flexibility index (Phi) is 1.83. The highest BCUT2D eigenvalue weighted by Gasteiger charge is 2.11. The molecule has 0 heterocycles. The molecule has 0 radical (unpaired) electrons. The molecule has 0 saturated heterocycles. The highest BCUT2D eigenvalue weighted by atomic mass is 16.3. The molecule has 4 heteroatoms. The van der Waals surface area contributed by atoms with E-state index >= 15 is 0 Å². The SMILES string of the molecule is C=C(O)c1ccc(O)c(O)c1O. The molecule has 0 amide bonds. The van der Waals surface area contributed by atoms with Gasteiger partial charge in [-0.2, -0.15) is 0 Å². The lowest BCUT2D eigenvalue weighted by molar-refractivity contribution is 0.365. The zero-order valence-electron chi connectivity index (χ0n) is 6.15. The molecular formula is C8H8O4. The van der Waals surface area contributed by atoms with E-state index in [-0.39, 0.29) is 11.3 Å². The van der Waals surface area contributed by atoms with Gasteiger partial charge in [-0.25, -0.2) is 0 Å². The second-order valence-corrected chi connectivity index (χ2v) is 2.28. The highest BCUT2D eigenvalue weighted by molar-refractivity contribution is 5.68. The van der Waals surface area contributed by atoms with Crippen LogP contribution in [0.25, 0.3) is 5.76 Å². The second-order valence-electron chi connectivity index (χ2n) is 2.28. The summed E-state index contributed by atoms with van der Waals surface area (Å²) >= 11 is 0. The summed E-state index contributed by atoms with van der Waals surface area (Å²) < 4.78 is 0.